The lowest BCUT2D eigenvalue weighted by atomic mass is 9.92. The minimum absolute atomic E-state index is 0.0232. The van der Waals surface area contributed by atoms with Crippen LogP contribution in [0.1, 0.15) is 51.2 Å². The molecule has 7 nitrogen and oxygen atoms in total. The summed E-state index contributed by atoms with van der Waals surface area (Å²) < 4.78 is 5.29. The molecule has 2 aromatic carbocycles. The summed E-state index contributed by atoms with van der Waals surface area (Å²) in [5.41, 5.74) is 1.72. The van der Waals surface area contributed by atoms with Crippen molar-refractivity contribution in [2.75, 3.05) is 0 Å². The van der Waals surface area contributed by atoms with E-state index in [0.29, 0.717) is 6.42 Å². The Morgan fingerprint density at radius 1 is 0.943 bits per heavy atom. The number of aliphatic hydroxyl groups is 1. The third kappa shape index (κ3) is 7.15. The highest BCUT2D eigenvalue weighted by Gasteiger charge is 2.56. The number of hydrogen-bond acceptors (Lipinski definition) is 5. The summed E-state index contributed by atoms with van der Waals surface area (Å²) in [4.78, 5) is 38.2. The van der Waals surface area contributed by atoms with Crippen LogP contribution in [0.5, 0.6) is 0 Å². The third-order valence-electron chi connectivity index (χ3n) is 6.34. The van der Waals surface area contributed by atoms with Crippen molar-refractivity contribution in [2.24, 2.45) is 17.8 Å². The second-order valence-electron chi connectivity index (χ2n) is 9.97. The Bertz CT molecular complexity index is 993. The minimum atomic E-state index is -1.03. The first-order valence-electron chi connectivity index (χ1n) is 12.2. The zero-order valence-electron chi connectivity index (χ0n) is 20.8. The van der Waals surface area contributed by atoms with Crippen LogP contribution < -0.4 is 10.6 Å². The van der Waals surface area contributed by atoms with E-state index in [9.17, 15) is 19.5 Å². The van der Waals surface area contributed by atoms with Crippen LogP contribution in [0.4, 0.5) is 4.79 Å². The van der Waals surface area contributed by atoms with Crippen molar-refractivity contribution in [3.63, 3.8) is 0 Å². The summed E-state index contributed by atoms with van der Waals surface area (Å²) in [6.45, 7) is 7.79. The molecular weight excluding hydrogens is 444 g/mol. The minimum Gasteiger partial charge on any atom is -0.445 e. The molecule has 0 aromatic heterocycles. The molecule has 1 saturated carbocycles. The van der Waals surface area contributed by atoms with E-state index in [1.807, 2.05) is 88.4 Å². The zero-order chi connectivity index (χ0) is 25.5. The number of ether oxygens (including phenoxy) is 1. The quantitative estimate of drug-likeness (QED) is 0.454. The van der Waals surface area contributed by atoms with Crippen molar-refractivity contribution in [3.05, 3.63) is 71.8 Å². The molecule has 1 fully saturated rings. The SMILES string of the molecule is CC(C)C[C@H](NC(=O)OCc1ccccc1)C(=O)N[C@@H](C(C)C)[C@@H](O)C1C(=O)C1c1ccccc1. The van der Waals surface area contributed by atoms with Gasteiger partial charge in [-0.2, -0.15) is 0 Å². The van der Waals surface area contributed by atoms with Crippen LogP contribution in [0.2, 0.25) is 0 Å². The van der Waals surface area contributed by atoms with Crippen LogP contribution >= 0.6 is 0 Å². The Labute approximate surface area is 207 Å². The third-order valence-corrected chi connectivity index (χ3v) is 6.34. The molecule has 3 N–H and O–H groups in total. The monoisotopic (exact) mass is 480 g/mol. The first-order chi connectivity index (χ1) is 16.7. The predicted molar refractivity (Wildman–Crippen MR) is 133 cm³/mol. The molecule has 1 aliphatic carbocycles. The summed E-state index contributed by atoms with van der Waals surface area (Å²) >= 11 is 0. The van der Waals surface area contributed by atoms with Crippen LogP contribution in [-0.4, -0.2) is 41.1 Å². The number of ketones is 1. The fraction of sp³-hybridized carbons (Fsp3) is 0.464. The van der Waals surface area contributed by atoms with Crippen molar-refractivity contribution >= 4 is 17.8 Å². The Morgan fingerprint density at radius 2 is 1.54 bits per heavy atom. The fourth-order valence-electron chi connectivity index (χ4n) is 4.40. The van der Waals surface area contributed by atoms with Gasteiger partial charge in [0.2, 0.25) is 5.91 Å². The number of carbonyl (C=O) groups is 3. The molecule has 0 spiro atoms. The molecule has 0 bridgehead atoms. The molecule has 0 heterocycles. The van der Waals surface area contributed by atoms with E-state index in [1.54, 1.807) is 0 Å². The van der Waals surface area contributed by atoms with Crippen LogP contribution in [0.3, 0.4) is 0 Å². The molecule has 2 aromatic rings. The van der Waals surface area contributed by atoms with Crippen molar-refractivity contribution in [2.45, 2.75) is 64.8 Å². The van der Waals surface area contributed by atoms with Gasteiger partial charge in [-0.15, -0.1) is 0 Å². The van der Waals surface area contributed by atoms with E-state index in [4.69, 9.17) is 4.74 Å². The van der Waals surface area contributed by atoms with Gasteiger partial charge in [0.05, 0.1) is 24.0 Å². The number of aliphatic hydroxyl groups excluding tert-OH is 1. The molecule has 7 heteroatoms. The Balaban J connectivity index is 1.63. The molecule has 0 saturated heterocycles. The highest BCUT2D eigenvalue weighted by atomic mass is 16.5. The molecule has 3 rings (SSSR count). The molecule has 0 radical (unpaired) electrons. The molecule has 2 unspecified atom stereocenters. The molecule has 1 aliphatic rings. The van der Waals surface area contributed by atoms with Gasteiger partial charge in [0, 0.05) is 0 Å². The van der Waals surface area contributed by atoms with Gasteiger partial charge < -0.3 is 20.5 Å². The van der Waals surface area contributed by atoms with E-state index in [0.717, 1.165) is 11.1 Å². The molecular formula is C28H36N2O5. The van der Waals surface area contributed by atoms with Gasteiger partial charge in [-0.25, -0.2) is 4.79 Å². The highest BCUT2D eigenvalue weighted by molar-refractivity contribution is 6.05. The molecule has 35 heavy (non-hydrogen) atoms. The average Bonchev–Trinajstić information content (AvgIpc) is 3.51. The summed E-state index contributed by atoms with van der Waals surface area (Å²) in [5.74, 6) is -1.33. The Kier molecular flexibility index (Phi) is 9.04. The smallest absolute Gasteiger partial charge is 0.408 e. The Morgan fingerprint density at radius 3 is 2.11 bits per heavy atom. The first-order valence-corrected chi connectivity index (χ1v) is 12.2. The van der Waals surface area contributed by atoms with E-state index < -0.39 is 36.1 Å². The summed E-state index contributed by atoms with van der Waals surface area (Å²) in [6, 6.07) is 17.2. The highest BCUT2D eigenvalue weighted by Crippen LogP contribution is 2.46. The largest absolute Gasteiger partial charge is 0.445 e. The van der Waals surface area contributed by atoms with Crippen LogP contribution in [0.25, 0.3) is 0 Å². The number of rotatable bonds is 11. The average molecular weight is 481 g/mol. The van der Waals surface area contributed by atoms with Gasteiger partial charge in [0.1, 0.15) is 18.4 Å². The summed E-state index contributed by atoms with van der Waals surface area (Å²) in [5, 5.41) is 16.6. The van der Waals surface area contributed by atoms with Gasteiger partial charge >= 0.3 is 6.09 Å². The number of carbonyl (C=O) groups excluding carboxylic acids is 3. The number of amides is 2. The number of alkyl carbamates (subject to hydrolysis) is 1. The summed E-state index contributed by atoms with van der Waals surface area (Å²) in [6.07, 6.45) is -1.30. The van der Waals surface area contributed by atoms with Gasteiger partial charge in [0.15, 0.2) is 0 Å². The van der Waals surface area contributed by atoms with Crippen LogP contribution in [0.15, 0.2) is 60.7 Å². The number of Topliss-reactive ketones (excluding diaryl/α,β-unsaturated/α-hetero) is 1. The van der Waals surface area contributed by atoms with Crippen molar-refractivity contribution in [1.29, 1.82) is 0 Å². The molecule has 5 atom stereocenters. The topological polar surface area (TPSA) is 105 Å². The van der Waals surface area contributed by atoms with Crippen molar-refractivity contribution in [1.82, 2.24) is 10.6 Å². The van der Waals surface area contributed by atoms with Gasteiger partial charge in [-0.1, -0.05) is 88.4 Å². The first kappa shape index (κ1) is 26.4. The standard InChI is InChI=1S/C28H36N2O5/c1-17(2)15-21(29-28(34)35-16-19-11-7-5-8-12-19)27(33)30-24(18(3)4)26(32)23-22(25(23)31)20-13-9-6-10-14-20/h5-14,17-18,21-24,26,32H,15-16H2,1-4H3,(H,29,34)(H,30,33)/t21-,22?,23?,24-,26-/m0/s1. The van der Waals surface area contributed by atoms with Gasteiger partial charge in [-0.3, -0.25) is 9.59 Å². The Hall–Kier alpha value is -3.19. The van der Waals surface area contributed by atoms with E-state index in [2.05, 4.69) is 10.6 Å². The summed E-state index contributed by atoms with van der Waals surface area (Å²) in [7, 11) is 0. The second kappa shape index (κ2) is 12.0. The van der Waals surface area contributed by atoms with E-state index in [1.165, 1.54) is 0 Å². The maximum absolute atomic E-state index is 13.2. The molecule has 2 amide bonds. The lowest BCUT2D eigenvalue weighted by molar-refractivity contribution is -0.126. The second-order valence-corrected chi connectivity index (χ2v) is 9.97. The number of benzene rings is 2. The lowest BCUT2D eigenvalue weighted by Gasteiger charge is -2.30. The van der Waals surface area contributed by atoms with Gasteiger partial charge in [-0.05, 0) is 29.4 Å². The van der Waals surface area contributed by atoms with Gasteiger partial charge in [0.25, 0.3) is 0 Å². The van der Waals surface area contributed by atoms with Crippen molar-refractivity contribution in [3.8, 4) is 0 Å². The number of hydrogen-bond donors (Lipinski definition) is 3. The molecule has 188 valence electrons. The van der Waals surface area contributed by atoms with Crippen molar-refractivity contribution < 1.29 is 24.2 Å². The zero-order valence-corrected chi connectivity index (χ0v) is 20.8. The van der Waals surface area contributed by atoms with E-state index in [-0.39, 0.29) is 30.1 Å². The maximum atomic E-state index is 13.2. The lowest BCUT2D eigenvalue weighted by Crippen LogP contribution is -2.55. The molecule has 0 aliphatic heterocycles. The van der Waals surface area contributed by atoms with E-state index >= 15 is 0 Å². The van der Waals surface area contributed by atoms with Crippen LogP contribution in [0, 0.1) is 17.8 Å². The predicted octanol–water partition coefficient (Wildman–Crippen LogP) is 3.81. The van der Waals surface area contributed by atoms with Crippen LogP contribution in [-0.2, 0) is 20.9 Å². The number of nitrogens with one attached hydrogen (secondary N) is 2. The maximum Gasteiger partial charge on any atom is 0.408 e. The fourth-order valence-corrected chi connectivity index (χ4v) is 4.40. The normalized spacial score (nSPS) is 19.7.